The molecule has 0 unspecified atom stereocenters. The van der Waals surface area contributed by atoms with E-state index in [9.17, 15) is 0 Å². The predicted octanol–water partition coefficient (Wildman–Crippen LogP) is 13.2. The molecule has 3 aromatic heterocycles. The predicted molar refractivity (Wildman–Crippen MR) is 269 cm³/mol. The normalized spacial score (nSPS) is 10.9. The molecular weight excluding hydrogens is 839 g/mol. The summed E-state index contributed by atoms with van der Waals surface area (Å²) in [5.41, 5.74) is 7.60. The Kier molecular flexibility index (Phi) is 11.4. The smallest absolute Gasteiger partial charge is 0.243 e. The van der Waals surface area contributed by atoms with Gasteiger partial charge in [-0.3, -0.25) is 0 Å². The zero-order valence-corrected chi connectivity index (χ0v) is 36.4. The Bertz CT molecular complexity index is 3160. The van der Waals surface area contributed by atoms with E-state index in [1.54, 1.807) is 4.90 Å². The molecule has 3 heterocycles. The maximum Gasteiger partial charge on any atom is 0.243 e. The molecule has 0 radical (unpaired) electrons. The largest absolute Gasteiger partial charge is 0.310 e. The molecule has 0 spiro atoms. The van der Waals surface area contributed by atoms with Gasteiger partial charge < -0.3 is 4.90 Å². The highest BCUT2D eigenvalue weighted by atomic mass is 15.4. The van der Waals surface area contributed by atoms with Crippen molar-refractivity contribution in [3.05, 3.63) is 237 Å². The lowest BCUT2D eigenvalue weighted by atomic mass is 10.1. The van der Waals surface area contributed by atoms with Crippen LogP contribution in [0.5, 0.6) is 0 Å². The fraction of sp³-hybridized carbons (Fsp3) is 0. The first-order valence-corrected chi connectivity index (χ1v) is 22.1. The van der Waals surface area contributed by atoms with Crippen molar-refractivity contribution in [2.24, 2.45) is 0 Å². The summed E-state index contributed by atoms with van der Waals surface area (Å²) in [6.07, 6.45) is 0. The van der Waals surface area contributed by atoms with Gasteiger partial charge in [0.1, 0.15) is 0 Å². The second-order valence-corrected chi connectivity index (χ2v) is 15.6. The van der Waals surface area contributed by atoms with E-state index in [0.717, 1.165) is 50.4 Å². The van der Waals surface area contributed by atoms with Crippen LogP contribution in [0.15, 0.2) is 237 Å². The SMILES string of the molecule is c1ccc(-c2nc(-c3ccccc3)nc(N(c3nc(-c4ccccc4)nc(-c4ccccc4)n3)c3nc(-c4ccccc4)nc(-c4cccc(N(c5ccccc5)c5ccccc5)c4)n3)n2)cc1. The van der Waals surface area contributed by atoms with Gasteiger partial charge in [0.25, 0.3) is 0 Å². The molecule has 11 rings (SSSR count). The zero-order valence-electron chi connectivity index (χ0n) is 36.4. The van der Waals surface area contributed by atoms with Gasteiger partial charge >= 0.3 is 0 Å². The molecule has 0 atom stereocenters. The van der Waals surface area contributed by atoms with Crippen molar-refractivity contribution in [3.63, 3.8) is 0 Å². The molecule has 68 heavy (non-hydrogen) atoms. The minimum Gasteiger partial charge on any atom is -0.310 e. The maximum absolute atomic E-state index is 5.32. The first kappa shape index (κ1) is 41.1. The molecule has 11 aromatic rings. The van der Waals surface area contributed by atoms with E-state index in [-0.39, 0.29) is 17.8 Å². The average molecular weight is 878 g/mol. The highest BCUT2D eigenvalue weighted by molar-refractivity contribution is 5.80. The van der Waals surface area contributed by atoms with Crippen LogP contribution in [-0.2, 0) is 0 Å². The monoisotopic (exact) mass is 877 g/mol. The lowest BCUT2D eigenvalue weighted by Gasteiger charge is -2.26. The summed E-state index contributed by atoms with van der Waals surface area (Å²) in [6, 6.07) is 77.8. The molecule has 11 nitrogen and oxygen atoms in total. The summed E-state index contributed by atoms with van der Waals surface area (Å²) >= 11 is 0. The summed E-state index contributed by atoms with van der Waals surface area (Å²) in [5.74, 6) is 3.13. The molecule has 8 aromatic carbocycles. The van der Waals surface area contributed by atoms with Crippen molar-refractivity contribution in [3.8, 4) is 68.3 Å². The van der Waals surface area contributed by atoms with Gasteiger partial charge in [-0.05, 0) is 36.4 Å². The van der Waals surface area contributed by atoms with Crippen LogP contribution in [0, 0.1) is 0 Å². The molecule has 11 heteroatoms. The zero-order chi connectivity index (χ0) is 45.5. The van der Waals surface area contributed by atoms with Crippen LogP contribution in [-0.4, -0.2) is 44.9 Å². The lowest BCUT2D eigenvalue weighted by molar-refractivity contribution is 0.919. The quantitative estimate of drug-likeness (QED) is 0.117. The Labute approximate surface area is 392 Å². The molecule has 0 fully saturated rings. The van der Waals surface area contributed by atoms with E-state index in [1.165, 1.54) is 0 Å². The van der Waals surface area contributed by atoms with Crippen molar-refractivity contribution in [2.45, 2.75) is 0 Å². The number of rotatable bonds is 12. The summed E-state index contributed by atoms with van der Waals surface area (Å²) in [6.45, 7) is 0. The molecule has 322 valence electrons. The van der Waals surface area contributed by atoms with E-state index in [2.05, 4.69) is 41.3 Å². The Morgan fingerprint density at radius 3 is 0.721 bits per heavy atom. The Balaban J connectivity index is 1.18. The molecular formula is C57H39N11. The highest BCUT2D eigenvalue weighted by Gasteiger charge is 2.28. The van der Waals surface area contributed by atoms with Crippen LogP contribution in [0.4, 0.5) is 34.9 Å². The third-order valence-electron chi connectivity index (χ3n) is 11.0. The minimum atomic E-state index is 0.177. The molecule has 0 bridgehead atoms. The van der Waals surface area contributed by atoms with Gasteiger partial charge in [0, 0.05) is 50.4 Å². The van der Waals surface area contributed by atoms with Crippen molar-refractivity contribution >= 4 is 34.9 Å². The Morgan fingerprint density at radius 2 is 0.426 bits per heavy atom. The van der Waals surface area contributed by atoms with Crippen LogP contribution in [0.1, 0.15) is 0 Å². The number of aromatic nitrogens is 9. The van der Waals surface area contributed by atoms with Crippen LogP contribution in [0.25, 0.3) is 68.3 Å². The second kappa shape index (κ2) is 18.9. The topological polar surface area (TPSA) is 122 Å². The van der Waals surface area contributed by atoms with Gasteiger partial charge in [0.15, 0.2) is 34.9 Å². The van der Waals surface area contributed by atoms with Crippen LogP contribution < -0.4 is 9.80 Å². The third kappa shape index (κ3) is 8.78. The fourth-order valence-corrected chi connectivity index (χ4v) is 7.76. The molecule has 0 N–H and O–H groups in total. The van der Waals surface area contributed by atoms with Crippen molar-refractivity contribution < 1.29 is 0 Å². The second-order valence-electron chi connectivity index (χ2n) is 15.6. The molecule has 0 saturated heterocycles. The first-order chi connectivity index (χ1) is 33.7. The third-order valence-corrected chi connectivity index (χ3v) is 11.0. The highest BCUT2D eigenvalue weighted by Crippen LogP contribution is 2.38. The van der Waals surface area contributed by atoms with E-state index in [4.69, 9.17) is 44.9 Å². The Hall–Kier alpha value is -9.61. The van der Waals surface area contributed by atoms with Gasteiger partial charge in [-0.1, -0.05) is 200 Å². The summed E-state index contributed by atoms with van der Waals surface area (Å²) in [5, 5.41) is 0. The fourth-order valence-electron chi connectivity index (χ4n) is 7.76. The summed E-state index contributed by atoms with van der Waals surface area (Å²) in [4.78, 5) is 50.4. The number of benzene rings is 8. The lowest BCUT2D eigenvalue weighted by Crippen LogP contribution is -2.22. The number of hydrogen-bond acceptors (Lipinski definition) is 11. The number of anilines is 6. The maximum atomic E-state index is 5.32. The number of nitrogens with zero attached hydrogens (tertiary/aromatic N) is 11. The number of para-hydroxylation sites is 2. The van der Waals surface area contributed by atoms with Gasteiger partial charge in [0.05, 0.1) is 0 Å². The van der Waals surface area contributed by atoms with Gasteiger partial charge in [0.2, 0.25) is 17.8 Å². The van der Waals surface area contributed by atoms with Gasteiger partial charge in [-0.15, -0.1) is 0 Å². The van der Waals surface area contributed by atoms with Gasteiger partial charge in [-0.25, -0.2) is 19.9 Å². The van der Waals surface area contributed by atoms with Crippen LogP contribution in [0.2, 0.25) is 0 Å². The standard InChI is InChI=1S/C57H39N11/c1-8-23-40(24-9-1)49-58-50(41-25-10-2-11-26-41)62-55(61-49)68(56-63-51(42-27-12-3-13-28-42)59-52(64-56)43-29-14-4-15-30-43)57-65-53(44-31-16-5-17-32-44)60-54(66-57)45-33-22-38-48(39-45)67(46-34-18-6-19-35-46)47-36-20-7-21-37-47/h1-39H. The first-order valence-electron chi connectivity index (χ1n) is 22.1. The van der Waals surface area contributed by atoms with E-state index >= 15 is 0 Å². The molecule has 0 amide bonds. The van der Waals surface area contributed by atoms with Gasteiger partial charge in [-0.2, -0.15) is 29.9 Å². The molecule has 0 aliphatic heterocycles. The van der Waals surface area contributed by atoms with Crippen molar-refractivity contribution in [1.82, 2.24) is 44.9 Å². The van der Waals surface area contributed by atoms with Crippen molar-refractivity contribution in [2.75, 3.05) is 9.80 Å². The summed E-state index contributed by atoms with van der Waals surface area (Å²) < 4.78 is 0. The van der Waals surface area contributed by atoms with Crippen molar-refractivity contribution in [1.29, 1.82) is 0 Å². The van der Waals surface area contributed by atoms with E-state index < -0.39 is 0 Å². The molecule has 0 saturated carbocycles. The van der Waals surface area contributed by atoms with Crippen LogP contribution in [0.3, 0.4) is 0 Å². The number of hydrogen-bond donors (Lipinski definition) is 0. The van der Waals surface area contributed by atoms with E-state index in [1.807, 2.05) is 200 Å². The van der Waals surface area contributed by atoms with E-state index in [0.29, 0.717) is 34.9 Å². The molecule has 0 aliphatic rings. The minimum absolute atomic E-state index is 0.177. The molecule has 0 aliphatic carbocycles. The summed E-state index contributed by atoms with van der Waals surface area (Å²) in [7, 11) is 0. The van der Waals surface area contributed by atoms with Crippen LogP contribution >= 0.6 is 0 Å². The average Bonchev–Trinajstić information content (AvgIpc) is 3.43. The Morgan fingerprint density at radius 1 is 0.191 bits per heavy atom.